The summed E-state index contributed by atoms with van der Waals surface area (Å²) in [4.78, 5) is 11.4. The van der Waals surface area contributed by atoms with Gasteiger partial charge in [-0.3, -0.25) is 4.79 Å². The van der Waals surface area contributed by atoms with Crippen molar-refractivity contribution in [3.8, 4) is 0 Å². The van der Waals surface area contributed by atoms with Gasteiger partial charge in [0, 0.05) is 0 Å². The van der Waals surface area contributed by atoms with Crippen molar-refractivity contribution < 1.29 is 14.6 Å². The predicted octanol–water partition coefficient (Wildman–Crippen LogP) is 1.37. The highest BCUT2D eigenvalue weighted by Crippen LogP contribution is 2.43. The summed E-state index contributed by atoms with van der Waals surface area (Å²) in [6.45, 7) is 0.0544. The van der Waals surface area contributed by atoms with Gasteiger partial charge in [0.1, 0.15) is 6.61 Å². The van der Waals surface area contributed by atoms with Crippen molar-refractivity contribution >= 4 is 5.97 Å². The number of aliphatic hydroxyl groups is 1. The average Bonchev–Trinajstić information content (AvgIpc) is 2.74. The minimum atomic E-state index is -0.133. The van der Waals surface area contributed by atoms with Crippen molar-refractivity contribution in [3.05, 3.63) is 12.2 Å². The van der Waals surface area contributed by atoms with Gasteiger partial charge >= 0.3 is 5.97 Å². The normalized spacial score (nSPS) is 32.8. The van der Waals surface area contributed by atoms with Crippen LogP contribution in [-0.4, -0.2) is 24.3 Å². The monoisotopic (exact) mass is 198 g/mol. The lowest BCUT2D eigenvalue weighted by Crippen LogP contribution is -2.22. The third-order valence-corrected chi connectivity index (χ3v) is 2.92. The average molecular weight is 198 g/mol. The highest BCUT2D eigenvalue weighted by molar-refractivity contribution is 5.74. The van der Waals surface area contributed by atoms with Gasteiger partial charge in [-0.25, -0.2) is 0 Å². The van der Waals surface area contributed by atoms with E-state index in [-0.39, 0.29) is 32.5 Å². The van der Waals surface area contributed by atoms with Crippen molar-refractivity contribution in [2.24, 2.45) is 17.8 Å². The van der Waals surface area contributed by atoms with Crippen molar-refractivity contribution in [1.29, 1.82) is 0 Å². The molecule has 3 nitrogen and oxygen atoms in total. The Morgan fingerprint density at radius 2 is 2.21 bits per heavy atom. The second kappa shape index (κ2) is 4.60. The van der Waals surface area contributed by atoms with E-state index in [4.69, 9.17) is 9.84 Å². The number of rotatable bonds is 3. The Hall–Kier alpha value is -0.830. The Labute approximate surface area is 84.8 Å². The Morgan fingerprint density at radius 1 is 1.43 bits per heavy atom. The number of ether oxygens (including phenoxy) is 1. The van der Waals surface area contributed by atoms with Gasteiger partial charge in [-0.15, -0.1) is 0 Å². The number of carbonyl (C=O) groups is 1. The maximum absolute atomic E-state index is 11.4. The molecule has 0 radical (unpaired) electrons. The van der Waals surface area contributed by atoms with E-state index in [1.54, 1.807) is 0 Å². The Balaban J connectivity index is 0.000000980. The number of hydrogen-bond acceptors (Lipinski definition) is 3. The third-order valence-electron chi connectivity index (χ3n) is 2.92. The topological polar surface area (TPSA) is 46.5 Å². The van der Waals surface area contributed by atoms with Gasteiger partial charge in [-0.2, -0.15) is 0 Å². The standard InChI is InChI=1S/C10H14O3.CH4/c11-3-4-13-10(12)9-6-7-1-2-8(9)5-7;/h1-2,7-9,11H,3-6H2;1H4. The third kappa shape index (κ3) is 1.98. The SMILES string of the molecule is C.O=C(OCCO)C1CC2C=CC1C2. The first-order chi connectivity index (χ1) is 6.31. The number of allylic oxidation sites excluding steroid dienone is 2. The summed E-state index contributed by atoms with van der Waals surface area (Å²) in [5.74, 6) is 0.917. The molecule has 0 saturated heterocycles. The molecule has 0 heterocycles. The lowest BCUT2D eigenvalue weighted by atomic mass is 9.94. The smallest absolute Gasteiger partial charge is 0.309 e. The zero-order chi connectivity index (χ0) is 9.26. The fourth-order valence-corrected chi connectivity index (χ4v) is 2.31. The molecule has 0 aromatic carbocycles. The maximum Gasteiger partial charge on any atom is 0.309 e. The summed E-state index contributed by atoms with van der Waals surface area (Å²) in [5, 5.41) is 8.50. The largest absolute Gasteiger partial charge is 0.463 e. The van der Waals surface area contributed by atoms with Crippen LogP contribution in [0.1, 0.15) is 20.3 Å². The second-order valence-corrected chi connectivity index (χ2v) is 3.78. The highest BCUT2D eigenvalue weighted by atomic mass is 16.5. The van der Waals surface area contributed by atoms with Crippen molar-refractivity contribution in [2.75, 3.05) is 13.2 Å². The molecule has 2 bridgehead atoms. The highest BCUT2D eigenvalue weighted by Gasteiger charge is 2.40. The van der Waals surface area contributed by atoms with E-state index in [1.807, 2.05) is 0 Å². The molecule has 2 aliphatic rings. The molecule has 1 N–H and O–H groups in total. The lowest BCUT2D eigenvalue weighted by Gasteiger charge is -2.15. The fourth-order valence-electron chi connectivity index (χ4n) is 2.31. The second-order valence-electron chi connectivity index (χ2n) is 3.78. The van der Waals surface area contributed by atoms with E-state index in [0.29, 0.717) is 11.8 Å². The molecule has 0 amide bonds. The van der Waals surface area contributed by atoms with Crippen molar-refractivity contribution in [3.63, 3.8) is 0 Å². The Morgan fingerprint density at radius 3 is 2.71 bits per heavy atom. The van der Waals surface area contributed by atoms with Crippen molar-refractivity contribution in [2.45, 2.75) is 20.3 Å². The Bertz CT molecular complexity index is 235. The summed E-state index contributed by atoms with van der Waals surface area (Å²) in [6, 6.07) is 0. The molecule has 0 aromatic rings. The van der Waals surface area contributed by atoms with E-state index in [1.165, 1.54) is 0 Å². The molecule has 14 heavy (non-hydrogen) atoms. The first-order valence-electron chi connectivity index (χ1n) is 4.77. The van der Waals surface area contributed by atoms with E-state index in [9.17, 15) is 4.79 Å². The van der Waals surface area contributed by atoms with Gasteiger partial charge in [0.25, 0.3) is 0 Å². The zero-order valence-electron chi connectivity index (χ0n) is 7.48. The first-order valence-corrected chi connectivity index (χ1v) is 4.77. The van der Waals surface area contributed by atoms with Crippen LogP contribution in [0.5, 0.6) is 0 Å². The maximum atomic E-state index is 11.4. The molecule has 2 rings (SSSR count). The summed E-state index contributed by atoms with van der Waals surface area (Å²) in [6.07, 6.45) is 6.36. The van der Waals surface area contributed by atoms with Crippen LogP contribution in [0.4, 0.5) is 0 Å². The number of hydrogen-bond donors (Lipinski definition) is 1. The van der Waals surface area contributed by atoms with Crippen LogP contribution < -0.4 is 0 Å². The number of carbonyl (C=O) groups excluding carboxylic acids is 1. The van der Waals surface area contributed by atoms with Gasteiger partial charge in [0.15, 0.2) is 0 Å². The minimum absolute atomic E-state index is 0. The molecule has 2 aliphatic carbocycles. The summed E-state index contributed by atoms with van der Waals surface area (Å²) in [5.41, 5.74) is 0. The minimum Gasteiger partial charge on any atom is -0.463 e. The van der Waals surface area contributed by atoms with Gasteiger partial charge in [0.2, 0.25) is 0 Å². The van der Waals surface area contributed by atoms with E-state index in [2.05, 4.69) is 12.2 Å². The molecule has 3 atom stereocenters. The van der Waals surface area contributed by atoms with Gasteiger partial charge in [-0.1, -0.05) is 19.6 Å². The zero-order valence-corrected chi connectivity index (χ0v) is 7.48. The van der Waals surface area contributed by atoms with Crippen molar-refractivity contribution in [1.82, 2.24) is 0 Å². The van der Waals surface area contributed by atoms with Gasteiger partial charge < -0.3 is 9.84 Å². The number of esters is 1. The molecule has 0 aromatic heterocycles. The van der Waals surface area contributed by atoms with Crippen LogP contribution in [0.3, 0.4) is 0 Å². The van der Waals surface area contributed by atoms with Crippen LogP contribution in [0.15, 0.2) is 12.2 Å². The van der Waals surface area contributed by atoms with Gasteiger partial charge in [0.05, 0.1) is 12.5 Å². The Kier molecular flexibility index (Phi) is 3.69. The lowest BCUT2D eigenvalue weighted by molar-refractivity contribution is -0.150. The molecular weight excluding hydrogens is 180 g/mol. The molecule has 3 heteroatoms. The predicted molar refractivity (Wildman–Crippen MR) is 53.6 cm³/mol. The van der Waals surface area contributed by atoms with Crippen LogP contribution >= 0.6 is 0 Å². The molecule has 0 spiro atoms. The van der Waals surface area contributed by atoms with E-state index >= 15 is 0 Å². The summed E-state index contributed by atoms with van der Waals surface area (Å²) >= 11 is 0. The van der Waals surface area contributed by atoms with Crippen LogP contribution in [0.25, 0.3) is 0 Å². The van der Waals surface area contributed by atoms with Crippen LogP contribution in [-0.2, 0) is 9.53 Å². The number of aliphatic hydroxyl groups excluding tert-OH is 1. The van der Waals surface area contributed by atoms with Crippen LogP contribution in [0, 0.1) is 17.8 Å². The van der Waals surface area contributed by atoms with E-state index in [0.717, 1.165) is 12.8 Å². The molecule has 3 unspecified atom stereocenters. The molecule has 80 valence electrons. The van der Waals surface area contributed by atoms with Gasteiger partial charge in [-0.05, 0) is 24.7 Å². The summed E-state index contributed by atoms with van der Waals surface area (Å²) < 4.78 is 4.90. The molecule has 1 fully saturated rings. The molecular formula is C11H18O3. The quantitative estimate of drug-likeness (QED) is 0.550. The first kappa shape index (κ1) is 11.2. The summed E-state index contributed by atoms with van der Waals surface area (Å²) in [7, 11) is 0. The molecule has 1 saturated carbocycles. The van der Waals surface area contributed by atoms with Crippen LogP contribution in [0.2, 0.25) is 0 Å². The molecule has 0 aliphatic heterocycles. The fraction of sp³-hybridized carbons (Fsp3) is 0.727. The van der Waals surface area contributed by atoms with E-state index < -0.39 is 0 Å². The number of fused-ring (bicyclic) bond motifs is 2.